The van der Waals surface area contributed by atoms with E-state index in [-0.39, 0.29) is 11.6 Å². The molecule has 0 fully saturated rings. The highest BCUT2D eigenvalue weighted by molar-refractivity contribution is 5.94. The fourth-order valence-corrected chi connectivity index (χ4v) is 1.80. The van der Waals surface area contributed by atoms with Gasteiger partial charge >= 0.3 is 0 Å². The molecule has 1 amide bonds. The summed E-state index contributed by atoms with van der Waals surface area (Å²) < 4.78 is 0. The Bertz CT molecular complexity index is 692. The van der Waals surface area contributed by atoms with Crippen molar-refractivity contribution < 1.29 is 9.72 Å². The minimum absolute atomic E-state index is 0.0113. The van der Waals surface area contributed by atoms with Crippen molar-refractivity contribution in [2.45, 2.75) is 13.3 Å². The molecule has 0 heterocycles. The Morgan fingerprint density at radius 1 is 1.18 bits per heavy atom. The van der Waals surface area contributed by atoms with E-state index < -0.39 is 4.92 Å². The second-order valence-electron chi connectivity index (χ2n) is 4.60. The van der Waals surface area contributed by atoms with E-state index in [0.717, 1.165) is 12.0 Å². The van der Waals surface area contributed by atoms with E-state index in [4.69, 9.17) is 0 Å². The van der Waals surface area contributed by atoms with Gasteiger partial charge in [-0.1, -0.05) is 19.1 Å². The van der Waals surface area contributed by atoms with E-state index in [1.54, 1.807) is 24.3 Å². The van der Waals surface area contributed by atoms with Gasteiger partial charge in [-0.2, -0.15) is 5.10 Å². The van der Waals surface area contributed by atoms with Gasteiger partial charge in [-0.25, -0.2) is 5.43 Å². The number of nitro benzene ring substituents is 1. The van der Waals surface area contributed by atoms with Crippen molar-refractivity contribution in [2.24, 2.45) is 5.10 Å². The van der Waals surface area contributed by atoms with Crippen LogP contribution in [0, 0.1) is 10.1 Å². The highest BCUT2D eigenvalue weighted by Gasteiger charge is 2.04. The van der Waals surface area contributed by atoms with Gasteiger partial charge in [0.15, 0.2) is 0 Å². The maximum Gasteiger partial charge on any atom is 0.271 e. The number of rotatable bonds is 5. The average molecular weight is 297 g/mol. The van der Waals surface area contributed by atoms with Crippen LogP contribution >= 0.6 is 0 Å². The largest absolute Gasteiger partial charge is 0.271 e. The third kappa shape index (κ3) is 3.99. The Morgan fingerprint density at radius 3 is 2.36 bits per heavy atom. The van der Waals surface area contributed by atoms with Gasteiger partial charge in [0.2, 0.25) is 0 Å². The van der Waals surface area contributed by atoms with Crippen LogP contribution < -0.4 is 5.43 Å². The SMILES string of the molecule is CCc1ccc(C(=O)N/N=C\c2ccc([N+](=O)[O-])cc2)cc1. The molecule has 1 N–H and O–H groups in total. The smallest absolute Gasteiger partial charge is 0.267 e. The number of amides is 1. The summed E-state index contributed by atoms with van der Waals surface area (Å²) in [7, 11) is 0. The predicted molar refractivity (Wildman–Crippen MR) is 84.0 cm³/mol. The number of benzene rings is 2. The Labute approximate surface area is 127 Å². The van der Waals surface area contributed by atoms with Crippen LogP contribution in [0.25, 0.3) is 0 Å². The molecule has 0 unspecified atom stereocenters. The van der Waals surface area contributed by atoms with Crippen LogP contribution in [0.3, 0.4) is 0 Å². The van der Waals surface area contributed by atoms with Gasteiger partial charge in [-0.3, -0.25) is 14.9 Å². The van der Waals surface area contributed by atoms with Crippen LogP contribution in [0.15, 0.2) is 53.6 Å². The maximum absolute atomic E-state index is 11.9. The van der Waals surface area contributed by atoms with Gasteiger partial charge in [-0.05, 0) is 41.8 Å². The van der Waals surface area contributed by atoms with Crippen LogP contribution in [0.5, 0.6) is 0 Å². The normalized spacial score (nSPS) is 10.6. The lowest BCUT2D eigenvalue weighted by atomic mass is 10.1. The molecule has 0 bridgehead atoms. The molecule has 0 saturated heterocycles. The zero-order chi connectivity index (χ0) is 15.9. The highest BCUT2D eigenvalue weighted by Crippen LogP contribution is 2.10. The number of hydrazone groups is 1. The van der Waals surface area contributed by atoms with E-state index >= 15 is 0 Å². The molecule has 6 nitrogen and oxygen atoms in total. The molecule has 2 aromatic carbocycles. The third-order valence-corrected chi connectivity index (χ3v) is 3.11. The van der Waals surface area contributed by atoms with Crippen molar-refractivity contribution in [3.63, 3.8) is 0 Å². The predicted octanol–water partition coefficient (Wildman–Crippen LogP) is 2.92. The van der Waals surface area contributed by atoms with Gasteiger partial charge in [0, 0.05) is 17.7 Å². The van der Waals surface area contributed by atoms with Gasteiger partial charge in [0.25, 0.3) is 11.6 Å². The summed E-state index contributed by atoms with van der Waals surface area (Å²) in [6.45, 7) is 2.05. The molecule has 0 aliphatic heterocycles. The topological polar surface area (TPSA) is 84.6 Å². The first kappa shape index (κ1) is 15.4. The van der Waals surface area contributed by atoms with Crippen LogP contribution in [0.2, 0.25) is 0 Å². The zero-order valence-electron chi connectivity index (χ0n) is 12.0. The summed E-state index contributed by atoms with van der Waals surface area (Å²) >= 11 is 0. The quantitative estimate of drug-likeness (QED) is 0.523. The molecule has 2 rings (SSSR count). The lowest BCUT2D eigenvalue weighted by molar-refractivity contribution is -0.384. The van der Waals surface area contributed by atoms with Crippen LogP contribution in [0.1, 0.15) is 28.4 Å². The van der Waals surface area contributed by atoms with Gasteiger partial charge < -0.3 is 0 Å². The van der Waals surface area contributed by atoms with Crippen molar-refractivity contribution in [1.29, 1.82) is 0 Å². The van der Waals surface area contributed by atoms with Gasteiger partial charge in [0.1, 0.15) is 0 Å². The number of carbonyl (C=O) groups excluding carboxylic acids is 1. The second kappa shape index (κ2) is 7.12. The van der Waals surface area contributed by atoms with Gasteiger partial charge in [0.05, 0.1) is 11.1 Å². The van der Waals surface area contributed by atoms with Crippen LogP contribution in [-0.2, 0) is 6.42 Å². The lowest BCUT2D eigenvalue weighted by Gasteiger charge is -2.01. The van der Waals surface area contributed by atoms with Crippen molar-refractivity contribution in [1.82, 2.24) is 5.43 Å². The summed E-state index contributed by atoms with van der Waals surface area (Å²) in [5.41, 5.74) is 4.77. The number of non-ortho nitro benzene ring substituents is 1. The first-order valence-electron chi connectivity index (χ1n) is 6.77. The molecule has 2 aromatic rings. The Kier molecular flexibility index (Phi) is 4.98. The summed E-state index contributed by atoms with van der Waals surface area (Å²) in [5, 5.41) is 14.4. The van der Waals surface area contributed by atoms with E-state index in [1.165, 1.54) is 18.3 Å². The van der Waals surface area contributed by atoms with Crippen molar-refractivity contribution >= 4 is 17.8 Å². The minimum atomic E-state index is -0.470. The molecule has 0 radical (unpaired) electrons. The highest BCUT2D eigenvalue weighted by atomic mass is 16.6. The fourth-order valence-electron chi connectivity index (χ4n) is 1.80. The zero-order valence-corrected chi connectivity index (χ0v) is 12.0. The lowest BCUT2D eigenvalue weighted by Crippen LogP contribution is -2.17. The van der Waals surface area contributed by atoms with Crippen LogP contribution in [-0.4, -0.2) is 17.0 Å². The standard InChI is InChI=1S/C16H15N3O3/c1-2-12-3-7-14(8-4-12)16(20)18-17-11-13-5-9-15(10-6-13)19(21)22/h3-11H,2H2,1H3,(H,18,20)/b17-11-. The Hall–Kier alpha value is -3.02. The molecule has 0 spiro atoms. The number of carbonyl (C=O) groups is 1. The molecule has 22 heavy (non-hydrogen) atoms. The van der Waals surface area contributed by atoms with E-state index in [2.05, 4.69) is 10.5 Å². The first-order chi connectivity index (χ1) is 10.6. The number of nitro groups is 1. The minimum Gasteiger partial charge on any atom is -0.267 e. The summed E-state index contributed by atoms with van der Waals surface area (Å²) in [6.07, 6.45) is 2.35. The Balaban J connectivity index is 1.96. The van der Waals surface area contributed by atoms with Crippen molar-refractivity contribution in [3.8, 4) is 0 Å². The number of nitrogens with zero attached hydrogens (tertiary/aromatic N) is 2. The molecular weight excluding hydrogens is 282 g/mol. The fraction of sp³-hybridized carbons (Fsp3) is 0.125. The molecule has 0 atom stereocenters. The van der Waals surface area contributed by atoms with Crippen molar-refractivity contribution in [3.05, 3.63) is 75.3 Å². The van der Waals surface area contributed by atoms with E-state index in [9.17, 15) is 14.9 Å². The van der Waals surface area contributed by atoms with Crippen molar-refractivity contribution in [2.75, 3.05) is 0 Å². The molecule has 0 aromatic heterocycles. The molecule has 112 valence electrons. The van der Waals surface area contributed by atoms with Crippen LogP contribution in [0.4, 0.5) is 5.69 Å². The maximum atomic E-state index is 11.9. The number of aryl methyl sites for hydroxylation is 1. The average Bonchev–Trinajstić information content (AvgIpc) is 2.55. The summed E-state index contributed by atoms with van der Waals surface area (Å²) in [6, 6.07) is 13.2. The number of hydrogen-bond donors (Lipinski definition) is 1. The Morgan fingerprint density at radius 2 is 1.82 bits per heavy atom. The molecule has 6 heteroatoms. The molecule has 0 aliphatic rings. The van der Waals surface area contributed by atoms with E-state index in [1.807, 2.05) is 19.1 Å². The second-order valence-corrected chi connectivity index (χ2v) is 4.60. The summed E-state index contributed by atoms with van der Waals surface area (Å²) in [5.74, 6) is -0.305. The third-order valence-electron chi connectivity index (χ3n) is 3.11. The van der Waals surface area contributed by atoms with Gasteiger partial charge in [-0.15, -0.1) is 0 Å². The first-order valence-corrected chi connectivity index (χ1v) is 6.77. The number of nitrogens with one attached hydrogen (secondary N) is 1. The van der Waals surface area contributed by atoms with E-state index in [0.29, 0.717) is 11.1 Å². The number of hydrogen-bond acceptors (Lipinski definition) is 4. The molecule has 0 saturated carbocycles. The summed E-state index contributed by atoms with van der Waals surface area (Å²) in [4.78, 5) is 21.9. The monoisotopic (exact) mass is 297 g/mol. The molecule has 0 aliphatic carbocycles. The molecular formula is C16H15N3O3.